The minimum atomic E-state index is -0.368. The Bertz CT molecular complexity index is 848. The summed E-state index contributed by atoms with van der Waals surface area (Å²) in [6.45, 7) is 2.01. The largest absolute Gasteiger partial charge is 0.493 e. The molecule has 1 atom stereocenters. The van der Waals surface area contributed by atoms with Crippen molar-refractivity contribution in [2.75, 3.05) is 14.2 Å². The summed E-state index contributed by atoms with van der Waals surface area (Å²) in [4.78, 5) is 0. The molecule has 1 aliphatic heterocycles. The van der Waals surface area contributed by atoms with Gasteiger partial charge in [0.15, 0.2) is 11.5 Å². The van der Waals surface area contributed by atoms with Crippen molar-refractivity contribution in [1.82, 2.24) is 10.2 Å². The number of hydrogen-bond donors (Lipinski definition) is 2. The van der Waals surface area contributed by atoms with Crippen molar-refractivity contribution in [3.8, 4) is 23.4 Å². The van der Waals surface area contributed by atoms with Gasteiger partial charge >= 0.3 is 0 Å². The number of rotatable bonds is 4. The van der Waals surface area contributed by atoms with Gasteiger partial charge in [0.25, 0.3) is 0 Å². The Hall–Kier alpha value is -3.14. The topological polar surface area (TPSA) is 106 Å². The summed E-state index contributed by atoms with van der Waals surface area (Å²) in [7, 11) is 3.15. The predicted molar refractivity (Wildman–Crippen MR) is 86.8 cm³/mol. The second-order valence-electron chi connectivity index (χ2n) is 5.31. The summed E-state index contributed by atoms with van der Waals surface area (Å²) in [6, 6.07) is 7.70. The van der Waals surface area contributed by atoms with E-state index in [2.05, 4.69) is 16.3 Å². The van der Waals surface area contributed by atoms with Crippen molar-refractivity contribution in [2.45, 2.75) is 19.3 Å². The number of benzene rings is 1. The number of nitriles is 1. The van der Waals surface area contributed by atoms with E-state index in [1.807, 2.05) is 19.1 Å². The molecule has 0 saturated heterocycles. The van der Waals surface area contributed by atoms with Gasteiger partial charge in [-0.3, -0.25) is 5.10 Å². The van der Waals surface area contributed by atoms with Crippen LogP contribution in [0, 0.1) is 11.3 Å². The first-order chi connectivity index (χ1) is 11.6. The maximum Gasteiger partial charge on any atom is 0.244 e. The van der Waals surface area contributed by atoms with E-state index in [1.165, 1.54) is 0 Å². The number of methoxy groups -OCH3 is 2. The van der Waals surface area contributed by atoms with Gasteiger partial charge < -0.3 is 19.9 Å². The monoisotopic (exact) mass is 326 g/mol. The Morgan fingerprint density at radius 3 is 2.71 bits per heavy atom. The highest BCUT2D eigenvalue weighted by Crippen LogP contribution is 2.44. The van der Waals surface area contributed by atoms with Gasteiger partial charge in [-0.25, -0.2) is 0 Å². The van der Waals surface area contributed by atoms with Crippen molar-refractivity contribution in [1.29, 1.82) is 5.26 Å². The third-order valence-electron chi connectivity index (χ3n) is 4.11. The van der Waals surface area contributed by atoms with Gasteiger partial charge in [0, 0.05) is 11.3 Å². The molecule has 0 fully saturated rings. The maximum absolute atomic E-state index is 9.59. The van der Waals surface area contributed by atoms with Crippen molar-refractivity contribution < 1.29 is 14.2 Å². The number of nitrogens with one attached hydrogen (secondary N) is 1. The number of aromatic nitrogens is 2. The summed E-state index contributed by atoms with van der Waals surface area (Å²) < 4.78 is 16.2. The average molecular weight is 326 g/mol. The summed E-state index contributed by atoms with van der Waals surface area (Å²) in [5.41, 5.74) is 8.88. The summed E-state index contributed by atoms with van der Waals surface area (Å²) in [5.74, 6) is 1.31. The Kier molecular flexibility index (Phi) is 4.04. The van der Waals surface area contributed by atoms with Crippen LogP contribution >= 0.6 is 0 Å². The van der Waals surface area contributed by atoms with Gasteiger partial charge in [-0.05, 0) is 24.1 Å². The van der Waals surface area contributed by atoms with Crippen LogP contribution in [0.1, 0.15) is 29.7 Å². The van der Waals surface area contributed by atoms with Crippen molar-refractivity contribution in [3.05, 3.63) is 46.5 Å². The number of nitrogens with zero attached hydrogens (tertiary/aromatic N) is 2. The lowest BCUT2D eigenvalue weighted by Gasteiger charge is -2.24. The number of allylic oxidation sites excluding steroid dienone is 1. The first kappa shape index (κ1) is 15.7. The molecule has 0 unspecified atom stereocenters. The molecule has 0 amide bonds. The van der Waals surface area contributed by atoms with Crippen LogP contribution in [-0.4, -0.2) is 24.4 Å². The van der Waals surface area contributed by atoms with E-state index < -0.39 is 0 Å². The van der Waals surface area contributed by atoms with Gasteiger partial charge in [0.2, 0.25) is 11.8 Å². The molecule has 1 aromatic heterocycles. The number of nitrogens with two attached hydrogens (primary N) is 1. The van der Waals surface area contributed by atoms with Crippen LogP contribution in [0.5, 0.6) is 17.4 Å². The third-order valence-corrected chi connectivity index (χ3v) is 4.11. The van der Waals surface area contributed by atoms with E-state index in [0.29, 0.717) is 23.0 Å². The minimum absolute atomic E-state index is 0.0685. The Labute approximate surface area is 139 Å². The van der Waals surface area contributed by atoms with E-state index in [9.17, 15) is 5.26 Å². The van der Waals surface area contributed by atoms with Crippen LogP contribution in [-0.2, 0) is 6.42 Å². The average Bonchev–Trinajstić information content (AvgIpc) is 3.02. The van der Waals surface area contributed by atoms with Gasteiger partial charge in [0.1, 0.15) is 11.6 Å². The fourth-order valence-electron chi connectivity index (χ4n) is 2.94. The van der Waals surface area contributed by atoms with Crippen LogP contribution in [0.25, 0.3) is 0 Å². The Morgan fingerprint density at radius 1 is 1.33 bits per heavy atom. The van der Waals surface area contributed by atoms with Crippen LogP contribution < -0.4 is 19.9 Å². The zero-order valence-corrected chi connectivity index (χ0v) is 13.7. The van der Waals surface area contributed by atoms with Gasteiger partial charge in [-0.1, -0.05) is 13.0 Å². The first-order valence-electron chi connectivity index (χ1n) is 7.51. The first-order valence-corrected chi connectivity index (χ1v) is 7.51. The number of aromatic amines is 1. The lowest BCUT2D eigenvalue weighted by molar-refractivity contribution is 0.354. The number of fused-ring (bicyclic) bond motifs is 1. The highest BCUT2D eigenvalue weighted by atomic mass is 16.5. The van der Waals surface area contributed by atoms with Crippen molar-refractivity contribution in [2.24, 2.45) is 5.73 Å². The molecule has 24 heavy (non-hydrogen) atoms. The maximum atomic E-state index is 9.59. The third kappa shape index (κ3) is 2.33. The van der Waals surface area contributed by atoms with Gasteiger partial charge in [0.05, 0.1) is 20.1 Å². The van der Waals surface area contributed by atoms with Crippen LogP contribution in [0.15, 0.2) is 29.7 Å². The number of H-pyrrole nitrogens is 1. The van der Waals surface area contributed by atoms with Gasteiger partial charge in [-0.15, -0.1) is 5.10 Å². The van der Waals surface area contributed by atoms with Gasteiger partial charge in [-0.2, -0.15) is 5.26 Å². The fourth-order valence-corrected chi connectivity index (χ4v) is 2.94. The molecule has 7 nitrogen and oxygen atoms in total. The van der Waals surface area contributed by atoms with E-state index in [1.54, 1.807) is 20.3 Å². The standard InChI is InChI=1S/C17H18N4O3/c1-4-11-15-14(9-5-6-12(22-2)13(7-9)23-3)10(8-18)16(19)24-17(15)21-20-11/h5-7,14H,4,19H2,1-3H3,(H,20,21)/t14-/m0/s1. The molecule has 0 saturated carbocycles. The lowest BCUT2D eigenvalue weighted by atomic mass is 9.83. The second-order valence-corrected chi connectivity index (χ2v) is 5.31. The molecule has 7 heteroatoms. The number of ether oxygens (including phenoxy) is 3. The highest BCUT2D eigenvalue weighted by molar-refractivity contribution is 5.57. The predicted octanol–water partition coefficient (Wildman–Crippen LogP) is 2.21. The summed E-state index contributed by atoms with van der Waals surface area (Å²) in [6.07, 6.45) is 0.730. The van der Waals surface area contributed by atoms with Crippen LogP contribution in [0.4, 0.5) is 0 Å². The van der Waals surface area contributed by atoms with E-state index in [4.69, 9.17) is 19.9 Å². The minimum Gasteiger partial charge on any atom is -0.493 e. The highest BCUT2D eigenvalue weighted by Gasteiger charge is 2.35. The zero-order chi connectivity index (χ0) is 17.3. The normalized spacial score (nSPS) is 16.2. The quantitative estimate of drug-likeness (QED) is 0.892. The molecule has 124 valence electrons. The molecule has 2 heterocycles. The van der Waals surface area contributed by atoms with Crippen LogP contribution in [0.2, 0.25) is 0 Å². The zero-order valence-electron chi connectivity index (χ0n) is 13.7. The molecule has 0 aliphatic carbocycles. The van der Waals surface area contributed by atoms with E-state index in [-0.39, 0.29) is 11.8 Å². The second kappa shape index (κ2) is 6.16. The molecule has 2 aromatic rings. The Balaban J connectivity index is 2.21. The lowest BCUT2D eigenvalue weighted by Crippen LogP contribution is -2.21. The van der Waals surface area contributed by atoms with Crippen molar-refractivity contribution in [3.63, 3.8) is 0 Å². The molecule has 0 radical (unpaired) electrons. The molecule has 0 spiro atoms. The molecule has 3 N–H and O–H groups in total. The van der Waals surface area contributed by atoms with E-state index in [0.717, 1.165) is 23.2 Å². The van der Waals surface area contributed by atoms with Crippen molar-refractivity contribution >= 4 is 0 Å². The molecular formula is C17H18N4O3. The molecule has 1 aliphatic rings. The molecule has 1 aromatic carbocycles. The number of aryl methyl sites for hydroxylation is 1. The summed E-state index contributed by atoms with van der Waals surface area (Å²) in [5, 5.41) is 16.7. The smallest absolute Gasteiger partial charge is 0.244 e. The molecular weight excluding hydrogens is 308 g/mol. The van der Waals surface area contributed by atoms with E-state index >= 15 is 0 Å². The molecule has 3 rings (SSSR count). The molecule has 0 bridgehead atoms. The summed E-state index contributed by atoms with van der Waals surface area (Å²) >= 11 is 0. The Morgan fingerprint density at radius 2 is 2.08 bits per heavy atom. The van der Waals surface area contributed by atoms with Crippen LogP contribution in [0.3, 0.4) is 0 Å². The number of hydrogen-bond acceptors (Lipinski definition) is 6. The SMILES string of the molecule is CCc1[nH]nc2c1[C@@H](c1ccc(OC)c(OC)c1)C(C#N)=C(N)O2. The fraction of sp³-hybridized carbons (Fsp3) is 0.294.